The Labute approximate surface area is 100 Å². The number of carbonyl (C=O) groups excluding carboxylic acids is 1. The molecule has 4 nitrogen and oxygen atoms in total. The monoisotopic (exact) mass is 246 g/mol. The smallest absolute Gasteiger partial charge is 0.347 e. The van der Waals surface area contributed by atoms with Gasteiger partial charge in [0.15, 0.2) is 0 Å². The summed E-state index contributed by atoms with van der Waals surface area (Å²) < 4.78 is 15.7. The summed E-state index contributed by atoms with van der Waals surface area (Å²) >= 11 is 1.43. The van der Waals surface area contributed by atoms with Gasteiger partial charge in [0.05, 0.1) is 19.5 Å². The van der Waals surface area contributed by atoms with E-state index in [-0.39, 0.29) is 12.3 Å². The van der Waals surface area contributed by atoms with Crippen LogP contribution in [0, 0.1) is 0 Å². The zero-order valence-corrected chi connectivity index (χ0v) is 10.8. The molecule has 0 saturated heterocycles. The molecule has 1 aliphatic heterocycles. The predicted octanol–water partition coefficient (Wildman–Crippen LogP) is 2.30. The molecule has 1 aliphatic rings. The zero-order chi connectivity index (χ0) is 12.0. The second kappa shape index (κ2) is 6.81. The van der Waals surface area contributed by atoms with Crippen molar-refractivity contribution in [1.82, 2.24) is 0 Å². The maximum Gasteiger partial charge on any atom is 0.347 e. The van der Waals surface area contributed by atoms with Gasteiger partial charge in [-0.2, -0.15) is 0 Å². The van der Waals surface area contributed by atoms with Gasteiger partial charge in [-0.1, -0.05) is 13.3 Å². The van der Waals surface area contributed by atoms with Crippen LogP contribution in [0.25, 0.3) is 0 Å². The number of esters is 1. The third-order valence-electron chi connectivity index (χ3n) is 2.16. The summed E-state index contributed by atoms with van der Waals surface area (Å²) in [6, 6.07) is 0. The number of methoxy groups -OCH3 is 1. The van der Waals surface area contributed by atoms with Crippen molar-refractivity contribution in [2.24, 2.45) is 0 Å². The fraction of sp³-hybridized carbons (Fsp3) is 0.727. The molecule has 0 saturated carbocycles. The number of ether oxygens (including phenoxy) is 3. The Hall–Kier alpha value is -0.680. The van der Waals surface area contributed by atoms with Gasteiger partial charge in [-0.05, 0) is 13.3 Å². The Morgan fingerprint density at radius 1 is 1.62 bits per heavy atom. The lowest BCUT2D eigenvalue weighted by Gasteiger charge is -2.25. The van der Waals surface area contributed by atoms with Gasteiger partial charge in [0.2, 0.25) is 6.29 Å². The Kier molecular flexibility index (Phi) is 5.69. The average molecular weight is 246 g/mol. The van der Waals surface area contributed by atoms with Crippen molar-refractivity contribution >= 4 is 17.7 Å². The van der Waals surface area contributed by atoms with E-state index in [0.717, 1.165) is 12.8 Å². The zero-order valence-electron chi connectivity index (χ0n) is 9.95. The van der Waals surface area contributed by atoms with E-state index < -0.39 is 0 Å². The van der Waals surface area contributed by atoms with Crippen LogP contribution in [0.4, 0.5) is 0 Å². The molecule has 1 heterocycles. The molecule has 0 aliphatic carbocycles. The molecule has 0 spiro atoms. The molecule has 0 aromatic carbocycles. The first kappa shape index (κ1) is 13.4. The molecule has 0 amide bonds. The second-order valence-electron chi connectivity index (χ2n) is 3.46. The van der Waals surface area contributed by atoms with E-state index >= 15 is 0 Å². The quantitative estimate of drug-likeness (QED) is 0.550. The summed E-state index contributed by atoms with van der Waals surface area (Å²) in [6.07, 6.45) is 1.88. The summed E-state index contributed by atoms with van der Waals surface area (Å²) in [5, 5.41) is 0. The van der Waals surface area contributed by atoms with Crippen molar-refractivity contribution in [3.63, 3.8) is 0 Å². The number of allylic oxidation sites excluding steroid dienone is 1. The third kappa shape index (κ3) is 3.72. The van der Waals surface area contributed by atoms with Crippen LogP contribution in [0.15, 0.2) is 10.7 Å². The highest BCUT2D eigenvalue weighted by Gasteiger charge is 2.25. The van der Waals surface area contributed by atoms with Gasteiger partial charge in [0, 0.05) is 0 Å². The normalized spacial score (nSPS) is 20.6. The van der Waals surface area contributed by atoms with Gasteiger partial charge >= 0.3 is 5.97 Å². The molecule has 1 unspecified atom stereocenters. The van der Waals surface area contributed by atoms with E-state index in [0.29, 0.717) is 23.0 Å². The lowest BCUT2D eigenvalue weighted by molar-refractivity contribution is -0.136. The molecule has 0 aromatic heterocycles. The highest BCUT2D eigenvalue weighted by molar-refractivity contribution is 8.04. The van der Waals surface area contributed by atoms with E-state index in [2.05, 4.69) is 11.7 Å². The molecule has 0 aromatic rings. The minimum Gasteiger partial charge on any atom is -0.467 e. The van der Waals surface area contributed by atoms with Crippen LogP contribution in [0.3, 0.4) is 0 Å². The average Bonchev–Trinajstić information content (AvgIpc) is 2.29. The van der Waals surface area contributed by atoms with Crippen molar-refractivity contribution in [1.29, 1.82) is 0 Å². The van der Waals surface area contributed by atoms with Gasteiger partial charge < -0.3 is 14.2 Å². The standard InChI is InChI=1S/C11H18O4S/c1-4-5-6-14-9-7-16-10(8(2)15-9)11(12)13-3/h9H,4-7H2,1-3H3. The minimum atomic E-state index is -0.338. The molecule has 0 N–H and O–H groups in total. The van der Waals surface area contributed by atoms with E-state index in [1.54, 1.807) is 6.92 Å². The van der Waals surface area contributed by atoms with E-state index in [4.69, 9.17) is 9.47 Å². The Morgan fingerprint density at radius 2 is 2.38 bits per heavy atom. The highest BCUT2D eigenvalue weighted by atomic mass is 32.2. The summed E-state index contributed by atoms with van der Waals surface area (Å²) in [5.41, 5.74) is 0. The maximum absolute atomic E-state index is 11.3. The number of carbonyl (C=O) groups is 1. The topological polar surface area (TPSA) is 44.8 Å². The maximum atomic E-state index is 11.3. The molecule has 1 rings (SSSR count). The van der Waals surface area contributed by atoms with Gasteiger partial charge in [-0.15, -0.1) is 11.8 Å². The summed E-state index contributed by atoms with van der Waals surface area (Å²) in [7, 11) is 1.37. The second-order valence-corrected chi connectivity index (χ2v) is 4.49. The number of thioether (sulfide) groups is 1. The molecule has 92 valence electrons. The van der Waals surface area contributed by atoms with E-state index in [9.17, 15) is 4.79 Å². The summed E-state index contributed by atoms with van der Waals surface area (Å²) in [4.78, 5) is 11.9. The first-order valence-electron chi connectivity index (χ1n) is 5.39. The van der Waals surface area contributed by atoms with Crippen LogP contribution in [0.2, 0.25) is 0 Å². The Bertz CT molecular complexity index is 275. The van der Waals surface area contributed by atoms with E-state index in [1.165, 1.54) is 18.9 Å². The Morgan fingerprint density at radius 3 is 2.94 bits per heavy atom. The molecule has 5 heteroatoms. The summed E-state index contributed by atoms with van der Waals surface area (Å²) in [6.45, 7) is 4.57. The van der Waals surface area contributed by atoms with E-state index in [1.807, 2.05) is 0 Å². The van der Waals surface area contributed by atoms with Crippen LogP contribution in [-0.2, 0) is 19.0 Å². The van der Waals surface area contributed by atoms with Crippen molar-refractivity contribution in [2.45, 2.75) is 33.0 Å². The number of unbranched alkanes of at least 4 members (excludes halogenated alkanes) is 1. The molecule has 0 fully saturated rings. The van der Waals surface area contributed by atoms with Crippen LogP contribution in [0.1, 0.15) is 26.7 Å². The third-order valence-corrected chi connectivity index (χ3v) is 3.35. The van der Waals surface area contributed by atoms with Crippen molar-refractivity contribution in [2.75, 3.05) is 19.5 Å². The van der Waals surface area contributed by atoms with Gasteiger partial charge in [0.1, 0.15) is 10.7 Å². The molecular formula is C11H18O4S. The lowest BCUT2D eigenvalue weighted by Crippen LogP contribution is -2.25. The predicted molar refractivity (Wildman–Crippen MR) is 62.9 cm³/mol. The molecule has 0 bridgehead atoms. The van der Waals surface area contributed by atoms with Crippen molar-refractivity contribution < 1.29 is 19.0 Å². The molecular weight excluding hydrogens is 228 g/mol. The molecule has 1 atom stereocenters. The fourth-order valence-electron chi connectivity index (χ4n) is 1.27. The number of hydrogen-bond acceptors (Lipinski definition) is 5. The molecule has 0 radical (unpaired) electrons. The van der Waals surface area contributed by atoms with Crippen LogP contribution < -0.4 is 0 Å². The molecule has 16 heavy (non-hydrogen) atoms. The number of rotatable bonds is 5. The summed E-state index contributed by atoms with van der Waals surface area (Å²) in [5.74, 6) is 0.880. The van der Waals surface area contributed by atoms with Gasteiger partial charge in [-0.3, -0.25) is 0 Å². The van der Waals surface area contributed by atoms with Crippen LogP contribution in [0.5, 0.6) is 0 Å². The first-order valence-corrected chi connectivity index (χ1v) is 6.37. The highest BCUT2D eigenvalue weighted by Crippen LogP contribution is 2.29. The van der Waals surface area contributed by atoms with Gasteiger partial charge in [-0.25, -0.2) is 4.79 Å². The van der Waals surface area contributed by atoms with Crippen molar-refractivity contribution in [3.05, 3.63) is 10.7 Å². The first-order chi connectivity index (χ1) is 7.69. The SMILES string of the molecule is CCCCOC1CSC(C(=O)OC)=C(C)O1. The largest absolute Gasteiger partial charge is 0.467 e. The van der Waals surface area contributed by atoms with Crippen LogP contribution in [-0.4, -0.2) is 31.7 Å². The lowest BCUT2D eigenvalue weighted by atomic mass is 10.4. The Balaban J connectivity index is 2.44. The minimum absolute atomic E-state index is 0.245. The van der Waals surface area contributed by atoms with Crippen molar-refractivity contribution in [3.8, 4) is 0 Å². The van der Waals surface area contributed by atoms with Gasteiger partial charge in [0.25, 0.3) is 0 Å². The number of hydrogen-bond donors (Lipinski definition) is 0. The van der Waals surface area contributed by atoms with Crippen LogP contribution >= 0.6 is 11.8 Å². The fourth-order valence-corrected chi connectivity index (χ4v) is 2.19.